The fourth-order valence-electron chi connectivity index (χ4n) is 3.10. The Morgan fingerprint density at radius 3 is 2.81 bits per heavy atom. The minimum atomic E-state index is -0.709. The third-order valence-electron chi connectivity index (χ3n) is 4.54. The SMILES string of the molecule is CCCCn1nc(C(=O)OCC(=O)N2CCCc3ccccc32)ccc1=O. The van der Waals surface area contributed by atoms with Gasteiger partial charge in [0, 0.05) is 24.8 Å². The summed E-state index contributed by atoms with van der Waals surface area (Å²) in [6, 6.07) is 10.4. The van der Waals surface area contributed by atoms with Gasteiger partial charge in [-0.1, -0.05) is 31.5 Å². The maximum Gasteiger partial charge on any atom is 0.359 e. The van der Waals surface area contributed by atoms with E-state index in [1.165, 1.54) is 16.8 Å². The molecular weight excluding hydrogens is 346 g/mol. The van der Waals surface area contributed by atoms with Crippen molar-refractivity contribution in [3.63, 3.8) is 0 Å². The monoisotopic (exact) mass is 369 g/mol. The molecule has 0 atom stereocenters. The number of amides is 1. The Hall–Kier alpha value is -2.96. The third kappa shape index (κ3) is 4.42. The van der Waals surface area contributed by atoms with Crippen LogP contribution in [0.5, 0.6) is 0 Å². The first-order valence-corrected chi connectivity index (χ1v) is 9.23. The minimum absolute atomic E-state index is 0.0255. The van der Waals surface area contributed by atoms with Crippen molar-refractivity contribution in [1.82, 2.24) is 9.78 Å². The van der Waals surface area contributed by atoms with Crippen molar-refractivity contribution >= 4 is 17.6 Å². The molecule has 0 unspecified atom stereocenters. The van der Waals surface area contributed by atoms with Crippen LogP contribution in [-0.2, 0) is 22.5 Å². The van der Waals surface area contributed by atoms with Crippen molar-refractivity contribution in [2.75, 3.05) is 18.1 Å². The second-order valence-electron chi connectivity index (χ2n) is 6.49. The number of benzene rings is 1. The van der Waals surface area contributed by atoms with Gasteiger partial charge in [-0.25, -0.2) is 9.48 Å². The highest BCUT2D eigenvalue weighted by Crippen LogP contribution is 2.26. The van der Waals surface area contributed by atoms with E-state index in [-0.39, 0.29) is 23.8 Å². The predicted molar refractivity (Wildman–Crippen MR) is 101 cm³/mol. The summed E-state index contributed by atoms with van der Waals surface area (Å²) in [5, 5.41) is 4.04. The molecule has 7 heteroatoms. The summed E-state index contributed by atoms with van der Waals surface area (Å²) in [6.07, 6.45) is 3.51. The fourth-order valence-corrected chi connectivity index (χ4v) is 3.10. The van der Waals surface area contributed by atoms with Crippen LogP contribution in [0.2, 0.25) is 0 Å². The number of para-hydroxylation sites is 1. The smallest absolute Gasteiger partial charge is 0.359 e. The number of fused-ring (bicyclic) bond motifs is 1. The van der Waals surface area contributed by atoms with Crippen molar-refractivity contribution < 1.29 is 14.3 Å². The first kappa shape index (κ1) is 18.8. The number of ether oxygens (including phenoxy) is 1. The van der Waals surface area contributed by atoms with E-state index in [0.717, 1.165) is 36.9 Å². The molecule has 0 saturated carbocycles. The van der Waals surface area contributed by atoms with Gasteiger partial charge in [0.2, 0.25) is 0 Å². The number of nitrogens with zero attached hydrogens (tertiary/aromatic N) is 3. The van der Waals surface area contributed by atoms with Crippen LogP contribution in [0.1, 0.15) is 42.2 Å². The van der Waals surface area contributed by atoms with Crippen LogP contribution in [0.15, 0.2) is 41.2 Å². The van der Waals surface area contributed by atoms with E-state index in [0.29, 0.717) is 13.1 Å². The van der Waals surface area contributed by atoms with Crippen LogP contribution in [-0.4, -0.2) is 34.8 Å². The zero-order valence-corrected chi connectivity index (χ0v) is 15.4. The molecule has 0 radical (unpaired) electrons. The summed E-state index contributed by atoms with van der Waals surface area (Å²) in [4.78, 5) is 38.2. The Balaban J connectivity index is 1.64. The number of carbonyl (C=O) groups is 2. The highest BCUT2D eigenvalue weighted by Gasteiger charge is 2.23. The summed E-state index contributed by atoms with van der Waals surface area (Å²) in [5.41, 5.74) is 1.75. The number of aryl methyl sites for hydroxylation is 2. The fraction of sp³-hybridized carbons (Fsp3) is 0.400. The van der Waals surface area contributed by atoms with E-state index < -0.39 is 5.97 Å². The Kier molecular flexibility index (Phi) is 6.01. The Bertz CT molecular complexity index is 891. The topological polar surface area (TPSA) is 81.5 Å². The lowest BCUT2D eigenvalue weighted by Gasteiger charge is -2.29. The quantitative estimate of drug-likeness (QED) is 0.729. The van der Waals surface area contributed by atoms with Crippen LogP contribution in [0.3, 0.4) is 0 Å². The molecule has 0 saturated heterocycles. The predicted octanol–water partition coefficient (Wildman–Crippen LogP) is 2.18. The molecule has 7 nitrogen and oxygen atoms in total. The molecule has 0 N–H and O–H groups in total. The highest BCUT2D eigenvalue weighted by molar-refractivity contribution is 5.97. The number of unbranched alkanes of at least 4 members (excludes halogenated alkanes) is 1. The first-order valence-electron chi connectivity index (χ1n) is 9.23. The van der Waals surface area contributed by atoms with E-state index in [4.69, 9.17) is 4.74 Å². The summed E-state index contributed by atoms with van der Waals surface area (Å²) >= 11 is 0. The van der Waals surface area contributed by atoms with Crippen LogP contribution in [0.4, 0.5) is 5.69 Å². The van der Waals surface area contributed by atoms with Gasteiger partial charge in [0.05, 0.1) is 0 Å². The third-order valence-corrected chi connectivity index (χ3v) is 4.54. The maximum absolute atomic E-state index is 12.5. The summed E-state index contributed by atoms with van der Waals surface area (Å²) in [7, 11) is 0. The van der Waals surface area contributed by atoms with Gasteiger partial charge in [-0.3, -0.25) is 9.59 Å². The molecule has 142 valence electrons. The van der Waals surface area contributed by atoms with Crippen molar-refractivity contribution in [3.8, 4) is 0 Å². The van der Waals surface area contributed by atoms with Gasteiger partial charge in [0.15, 0.2) is 12.3 Å². The second-order valence-corrected chi connectivity index (χ2v) is 6.49. The molecule has 1 aromatic carbocycles. The summed E-state index contributed by atoms with van der Waals surface area (Å²) < 4.78 is 6.40. The van der Waals surface area contributed by atoms with E-state index in [2.05, 4.69) is 5.10 Å². The largest absolute Gasteiger partial charge is 0.451 e. The molecule has 2 aromatic rings. The Morgan fingerprint density at radius 2 is 2.00 bits per heavy atom. The molecule has 1 aromatic heterocycles. The van der Waals surface area contributed by atoms with Gasteiger partial charge in [-0.15, -0.1) is 0 Å². The van der Waals surface area contributed by atoms with Crippen molar-refractivity contribution in [1.29, 1.82) is 0 Å². The number of hydrogen-bond acceptors (Lipinski definition) is 5. The number of anilines is 1. The number of hydrogen-bond donors (Lipinski definition) is 0. The van der Waals surface area contributed by atoms with Crippen molar-refractivity contribution in [2.24, 2.45) is 0 Å². The normalized spacial score (nSPS) is 13.1. The maximum atomic E-state index is 12.5. The lowest BCUT2D eigenvalue weighted by atomic mass is 10.0. The minimum Gasteiger partial charge on any atom is -0.451 e. The lowest BCUT2D eigenvalue weighted by Crippen LogP contribution is -2.38. The molecular formula is C20H23N3O4. The van der Waals surface area contributed by atoms with Crippen LogP contribution in [0.25, 0.3) is 0 Å². The molecule has 3 rings (SSSR count). The van der Waals surface area contributed by atoms with E-state index in [9.17, 15) is 14.4 Å². The number of rotatable bonds is 6. The average Bonchev–Trinajstić information content (AvgIpc) is 2.70. The van der Waals surface area contributed by atoms with Gasteiger partial charge in [-0.05, 0) is 37.0 Å². The first-order chi connectivity index (χ1) is 13.1. The molecule has 1 aliphatic rings. The lowest BCUT2D eigenvalue weighted by molar-refractivity contribution is -0.121. The molecule has 0 aliphatic carbocycles. The zero-order valence-electron chi connectivity index (χ0n) is 15.4. The second kappa shape index (κ2) is 8.62. The van der Waals surface area contributed by atoms with Gasteiger partial charge < -0.3 is 9.64 Å². The van der Waals surface area contributed by atoms with E-state index in [1.807, 2.05) is 31.2 Å². The molecule has 27 heavy (non-hydrogen) atoms. The molecule has 1 amide bonds. The zero-order chi connectivity index (χ0) is 19.2. The molecule has 0 fully saturated rings. The van der Waals surface area contributed by atoms with Crippen molar-refractivity contribution in [2.45, 2.75) is 39.2 Å². The van der Waals surface area contributed by atoms with Gasteiger partial charge in [0.25, 0.3) is 11.5 Å². The summed E-state index contributed by atoms with van der Waals surface area (Å²) in [5.74, 6) is -0.978. The van der Waals surface area contributed by atoms with Crippen LogP contribution in [0, 0.1) is 0 Å². The molecule has 0 bridgehead atoms. The molecule has 1 aliphatic heterocycles. The van der Waals surface area contributed by atoms with Gasteiger partial charge in [0.1, 0.15) is 0 Å². The Morgan fingerprint density at radius 1 is 1.19 bits per heavy atom. The molecule has 2 heterocycles. The van der Waals surface area contributed by atoms with Gasteiger partial charge >= 0.3 is 5.97 Å². The molecule has 0 spiro atoms. The number of aromatic nitrogens is 2. The Labute approximate surface area is 157 Å². The van der Waals surface area contributed by atoms with Crippen LogP contribution >= 0.6 is 0 Å². The van der Waals surface area contributed by atoms with E-state index in [1.54, 1.807) is 4.90 Å². The average molecular weight is 369 g/mol. The summed E-state index contributed by atoms with van der Waals surface area (Å²) in [6.45, 7) is 2.70. The number of carbonyl (C=O) groups excluding carboxylic acids is 2. The van der Waals surface area contributed by atoms with E-state index >= 15 is 0 Å². The highest BCUT2D eigenvalue weighted by atomic mass is 16.5. The van der Waals surface area contributed by atoms with Gasteiger partial charge in [-0.2, -0.15) is 5.10 Å². The number of esters is 1. The van der Waals surface area contributed by atoms with Crippen LogP contribution < -0.4 is 10.5 Å². The van der Waals surface area contributed by atoms with Crippen molar-refractivity contribution in [3.05, 3.63) is 58.0 Å². The standard InChI is InChI=1S/C20H23N3O4/c1-2-3-13-23-18(24)11-10-16(21-23)20(26)27-14-19(25)22-12-6-8-15-7-4-5-9-17(15)22/h4-5,7,9-11H,2-3,6,8,12-14H2,1H3.